The molecule has 0 spiro atoms. The summed E-state index contributed by atoms with van der Waals surface area (Å²) >= 11 is 0. The fourth-order valence-electron chi connectivity index (χ4n) is 8.13. The van der Waals surface area contributed by atoms with Crippen molar-refractivity contribution in [3.63, 3.8) is 0 Å². The van der Waals surface area contributed by atoms with Gasteiger partial charge in [-0.2, -0.15) is 0 Å². The lowest BCUT2D eigenvalue weighted by Gasteiger charge is -2.28. The molecule has 236 valence electrons. The normalized spacial score (nSPS) is 16.2. The average molecular weight is 639 g/mol. The predicted octanol–water partition coefficient (Wildman–Crippen LogP) is 12.5. The first-order valence-electron chi connectivity index (χ1n) is 17.4. The predicted molar refractivity (Wildman–Crippen MR) is 210 cm³/mol. The van der Waals surface area contributed by atoms with Gasteiger partial charge >= 0.3 is 0 Å². The Hall–Kier alpha value is -6.38. The minimum atomic E-state index is 0.285. The number of rotatable bonds is 5. The van der Waals surface area contributed by atoms with Crippen molar-refractivity contribution in [1.29, 1.82) is 0 Å². The number of benzene rings is 7. The summed E-state index contributed by atoms with van der Waals surface area (Å²) in [6.07, 6.45) is 9.08. The molecule has 2 heterocycles. The van der Waals surface area contributed by atoms with Crippen LogP contribution in [0.1, 0.15) is 11.5 Å². The van der Waals surface area contributed by atoms with Crippen LogP contribution in [-0.2, 0) is 0 Å². The Labute approximate surface area is 292 Å². The maximum Gasteiger partial charge on any atom is 0.0629 e. The highest BCUT2D eigenvalue weighted by Gasteiger charge is 2.37. The molecule has 0 amide bonds. The van der Waals surface area contributed by atoms with E-state index in [-0.39, 0.29) is 6.04 Å². The number of nitrogens with zero attached hydrogens (tertiary/aromatic N) is 2. The molecule has 8 aromatic rings. The van der Waals surface area contributed by atoms with Crippen molar-refractivity contribution in [2.75, 3.05) is 4.90 Å². The van der Waals surface area contributed by atoms with Gasteiger partial charge in [0.05, 0.1) is 17.1 Å². The first-order chi connectivity index (χ1) is 24.8. The maximum absolute atomic E-state index is 2.49. The zero-order valence-corrected chi connectivity index (χ0v) is 27.5. The first-order valence-corrected chi connectivity index (χ1v) is 17.4. The lowest BCUT2D eigenvalue weighted by molar-refractivity contribution is 0.745. The summed E-state index contributed by atoms with van der Waals surface area (Å²) in [6, 6.07) is 62.3. The van der Waals surface area contributed by atoms with Gasteiger partial charge in [-0.15, -0.1) is 0 Å². The number of anilines is 2. The van der Waals surface area contributed by atoms with E-state index in [1.807, 2.05) is 0 Å². The van der Waals surface area contributed by atoms with Crippen LogP contribution in [0.3, 0.4) is 0 Å². The zero-order chi connectivity index (χ0) is 33.0. The number of hydrogen-bond acceptors (Lipinski definition) is 1. The van der Waals surface area contributed by atoms with E-state index in [0.29, 0.717) is 5.92 Å². The molecule has 2 heteroatoms. The van der Waals surface area contributed by atoms with E-state index in [4.69, 9.17) is 0 Å². The number of allylic oxidation sites excluding steroid dienone is 2. The molecule has 0 bridgehead atoms. The van der Waals surface area contributed by atoms with Gasteiger partial charge in [-0.25, -0.2) is 0 Å². The van der Waals surface area contributed by atoms with Crippen LogP contribution in [0.4, 0.5) is 11.4 Å². The van der Waals surface area contributed by atoms with E-state index in [0.717, 1.165) is 5.69 Å². The van der Waals surface area contributed by atoms with Crippen molar-refractivity contribution >= 4 is 33.2 Å². The van der Waals surface area contributed by atoms with Gasteiger partial charge < -0.3 is 9.47 Å². The fraction of sp³-hybridized carbons (Fsp3) is 0.0417. The summed E-state index contributed by atoms with van der Waals surface area (Å²) in [5.41, 5.74) is 14.9. The molecule has 10 rings (SSSR count). The van der Waals surface area contributed by atoms with Crippen molar-refractivity contribution in [3.05, 3.63) is 200 Å². The standard InChI is InChI=1S/C48H34N2/c1-3-11-33(12-4-1)34-19-21-35(22-20-34)36-23-27-40(28-24-36)50-46-18-10-8-16-42(46)44-32-38(26-30-48(44)50)37-25-29-47-43(31-37)41-15-7-9-17-45(41)49(47)39-13-5-2-6-14-39/h1-32,41,45H. The monoisotopic (exact) mass is 638 g/mol. The minimum Gasteiger partial charge on any atom is -0.333 e. The molecule has 0 N–H and O–H groups in total. The molecule has 2 atom stereocenters. The number of para-hydroxylation sites is 2. The van der Waals surface area contributed by atoms with Crippen LogP contribution in [0.2, 0.25) is 0 Å². The topological polar surface area (TPSA) is 8.17 Å². The van der Waals surface area contributed by atoms with E-state index in [1.54, 1.807) is 0 Å². The van der Waals surface area contributed by atoms with Gasteiger partial charge in [0.1, 0.15) is 0 Å². The van der Waals surface area contributed by atoms with Crippen molar-refractivity contribution < 1.29 is 0 Å². The average Bonchev–Trinajstić information content (AvgIpc) is 3.71. The molecule has 50 heavy (non-hydrogen) atoms. The number of aromatic nitrogens is 1. The quantitative estimate of drug-likeness (QED) is 0.182. The van der Waals surface area contributed by atoms with Crippen molar-refractivity contribution in [1.82, 2.24) is 4.57 Å². The van der Waals surface area contributed by atoms with Crippen LogP contribution in [0.5, 0.6) is 0 Å². The lowest BCUT2D eigenvalue weighted by atomic mass is 9.89. The Morgan fingerprint density at radius 1 is 0.380 bits per heavy atom. The summed E-state index contributed by atoms with van der Waals surface area (Å²) in [4.78, 5) is 2.49. The van der Waals surface area contributed by atoms with Crippen LogP contribution in [0, 0.1) is 0 Å². The lowest BCUT2D eigenvalue weighted by Crippen LogP contribution is -2.28. The third-order valence-corrected chi connectivity index (χ3v) is 10.5. The van der Waals surface area contributed by atoms with Crippen LogP contribution in [-0.4, -0.2) is 10.6 Å². The Kier molecular flexibility index (Phi) is 6.67. The second kappa shape index (κ2) is 11.6. The smallest absolute Gasteiger partial charge is 0.0629 e. The van der Waals surface area contributed by atoms with Crippen molar-refractivity contribution in [2.45, 2.75) is 12.0 Å². The summed E-state index contributed by atoms with van der Waals surface area (Å²) in [6.45, 7) is 0. The highest BCUT2D eigenvalue weighted by molar-refractivity contribution is 6.10. The third kappa shape index (κ3) is 4.64. The molecule has 0 radical (unpaired) electrons. The molecule has 0 saturated carbocycles. The Morgan fingerprint density at radius 3 is 1.70 bits per heavy atom. The molecule has 2 nitrogen and oxygen atoms in total. The maximum atomic E-state index is 2.49. The molecule has 7 aromatic carbocycles. The van der Waals surface area contributed by atoms with Gasteiger partial charge in [0, 0.05) is 33.8 Å². The van der Waals surface area contributed by atoms with E-state index < -0.39 is 0 Å². The second-order valence-electron chi connectivity index (χ2n) is 13.3. The summed E-state index contributed by atoms with van der Waals surface area (Å²) < 4.78 is 2.40. The summed E-state index contributed by atoms with van der Waals surface area (Å²) in [5.74, 6) is 0.325. The van der Waals surface area contributed by atoms with Gasteiger partial charge in [-0.1, -0.05) is 140 Å². The van der Waals surface area contributed by atoms with Gasteiger partial charge in [-0.3, -0.25) is 0 Å². The van der Waals surface area contributed by atoms with Crippen molar-refractivity contribution in [3.8, 4) is 39.1 Å². The van der Waals surface area contributed by atoms with E-state index in [2.05, 4.69) is 204 Å². The first kappa shape index (κ1) is 28.6. The highest BCUT2D eigenvalue weighted by atomic mass is 15.2. The second-order valence-corrected chi connectivity index (χ2v) is 13.3. The molecule has 1 aliphatic carbocycles. The van der Waals surface area contributed by atoms with Crippen molar-refractivity contribution in [2.24, 2.45) is 0 Å². The molecule has 0 saturated heterocycles. The zero-order valence-electron chi connectivity index (χ0n) is 27.5. The van der Waals surface area contributed by atoms with Gasteiger partial charge in [0.25, 0.3) is 0 Å². The van der Waals surface area contributed by atoms with E-state index in [1.165, 1.54) is 72.1 Å². The summed E-state index contributed by atoms with van der Waals surface area (Å²) in [7, 11) is 0. The van der Waals surface area contributed by atoms with Crippen LogP contribution < -0.4 is 4.90 Å². The minimum absolute atomic E-state index is 0.285. The molecule has 2 unspecified atom stereocenters. The Balaban J connectivity index is 1.02. The molecular formula is C48H34N2. The number of fused-ring (bicyclic) bond motifs is 6. The van der Waals surface area contributed by atoms with Crippen LogP contribution in [0.15, 0.2) is 194 Å². The fourth-order valence-corrected chi connectivity index (χ4v) is 8.13. The summed E-state index contributed by atoms with van der Waals surface area (Å²) in [5, 5.41) is 2.53. The molecule has 1 aromatic heterocycles. The van der Waals surface area contributed by atoms with Crippen LogP contribution in [0.25, 0.3) is 60.9 Å². The highest BCUT2D eigenvalue weighted by Crippen LogP contribution is 2.49. The van der Waals surface area contributed by atoms with Gasteiger partial charge in [-0.05, 0) is 93.5 Å². The Morgan fingerprint density at radius 2 is 0.940 bits per heavy atom. The van der Waals surface area contributed by atoms with E-state index >= 15 is 0 Å². The van der Waals surface area contributed by atoms with Gasteiger partial charge in [0.2, 0.25) is 0 Å². The molecule has 1 aliphatic heterocycles. The van der Waals surface area contributed by atoms with E-state index in [9.17, 15) is 0 Å². The number of hydrogen-bond donors (Lipinski definition) is 0. The Bertz CT molecular complexity index is 2570. The third-order valence-electron chi connectivity index (χ3n) is 10.5. The molecular weight excluding hydrogens is 605 g/mol. The van der Waals surface area contributed by atoms with Crippen LogP contribution >= 0.6 is 0 Å². The SMILES string of the molecule is C1=CC2c3cc(-c4ccc5c(c4)c4ccccc4n5-c4ccc(-c5ccc(-c6ccccc6)cc5)cc4)ccc3N(c3ccccc3)C2C=C1. The molecule has 2 aliphatic rings. The molecule has 0 fully saturated rings. The largest absolute Gasteiger partial charge is 0.333 e. The van der Waals surface area contributed by atoms with Gasteiger partial charge in [0.15, 0.2) is 0 Å².